The summed E-state index contributed by atoms with van der Waals surface area (Å²) in [5.41, 5.74) is -0.275. The van der Waals surface area contributed by atoms with Crippen LogP contribution in [0.1, 0.15) is 19.4 Å². The number of benzene rings is 2. The number of sulfonamides is 1. The molecule has 1 atom stereocenters. The van der Waals surface area contributed by atoms with E-state index in [0.29, 0.717) is 11.3 Å². The molecule has 0 aliphatic carbocycles. The van der Waals surface area contributed by atoms with Crippen LogP contribution in [0, 0.1) is 5.82 Å². The number of piperazine rings is 1. The lowest BCUT2D eigenvalue weighted by atomic mass is 9.94. The lowest BCUT2D eigenvalue weighted by molar-refractivity contribution is -0.133. The van der Waals surface area contributed by atoms with Gasteiger partial charge in [-0.1, -0.05) is 18.2 Å². The summed E-state index contributed by atoms with van der Waals surface area (Å²) in [6, 6.07) is 12.9. The topological polar surface area (TPSA) is 86.8 Å². The molecule has 1 saturated heterocycles. The van der Waals surface area contributed by atoms with Crippen LogP contribution >= 0.6 is 11.8 Å². The van der Waals surface area contributed by atoms with Crippen LogP contribution in [0.4, 0.5) is 10.1 Å². The Morgan fingerprint density at radius 3 is 2.53 bits per heavy atom. The minimum atomic E-state index is -3.69. The predicted molar refractivity (Wildman–Crippen MR) is 123 cm³/mol. The highest BCUT2D eigenvalue weighted by molar-refractivity contribution is 7.98. The van der Waals surface area contributed by atoms with Gasteiger partial charge in [0.25, 0.3) is 0 Å². The van der Waals surface area contributed by atoms with E-state index in [1.807, 2.05) is 12.3 Å². The quantitative estimate of drug-likeness (QED) is 0.617. The molecule has 1 aliphatic heterocycles. The Morgan fingerprint density at radius 1 is 1.22 bits per heavy atom. The second-order valence-electron chi connectivity index (χ2n) is 7.68. The molecule has 1 aliphatic rings. The molecule has 1 fully saturated rings. The fourth-order valence-corrected chi connectivity index (χ4v) is 5.25. The van der Waals surface area contributed by atoms with E-state index in [-0.39, 0.29) is 31.2 Å². The molecule has 2 aromatic carbocycles. The van der Waals surface area contributed by atoms with E-state index in [1.54, 1.807) is 37.3 Å². The van der Waals surface area contributed by atoms with Gasteiger partial charge in [-0.15, -0.1) is 11.8 Å². The Hall–Kier alpha value is -2.43. The highest BCUT2D eigenvalue weighted by Gasteiger charge is 2.50. The lowest BCUT2D eigenvalue weighted by Gasteiger charge is -2.46. The average Bonchev–Trinajstić information content (AvgIpc) is 2.78. The molecular formula is C22H26FN3O4S2. The lowest BCUT2D eigenvalue weighted by Crippen LogP contribution is -2.70. The van der Waals surface area contributed by atoms with Crippen molar-refractivity contribution in [3.8, 4) is 0 Å². The maximum atomic E-state index is 13.4. The molecule has 0 unspecified atom stereocenters. The molecule has 172 valence electrons. The number of thioether (sulfide) groups is 1. The van der Waals surface area contributed by atoms with E-state index in [2.05, 4.69) is 5.32 Å². The molecule has 0 spiro atoms. The van der Waals surface area contributed by atoms with Crippen LogP contribution in [-0.2, 0) is 26.2 Å². The summed E-state index contributed by atoms with van der Waals surface area (Å²) in [6.45, 7) is 2.67. The number of carbonyl (C=O) groups is 2. The van der Waals surface area contributed by atoms with Crippen LogP contribution in [0.3, 0.4) is 0 Å². The molecule has 3 rings (SSSR count). The van der Waals surface area contributed by atoms with Crippen molar-refractivity contribution < 1.29 is 22.4 Å². The largest absolute Gasteiger partial charge is 0.350 e. The SMILES string of the molecule is CCS(=O)(=O)N1CC(=O)N(c2cccc(SC)c2)[C@](C)(C(=O)NCc2ccc(F)cc2)C1. The fraction of sp³-hybridized carbons (Fsp3) is 0.364. The van der Waals surface area contributed by atoms with Crippen LogP contribution in [0.2, 0.25) is 0 Å². The Morgan fingerprint density at radius 2 is 1.91 bits per heavy atom. The summed E-state index contributed by atoms with van der Waals surface area (Å²) >= 11 is 1.50. The third-order valence-corrected chi connectivity index (χ3v) is 7.96. The zero-order valence-electron chi connectivity index (χ0n) is 18.2. The first-order chi connectivity index (χ1) is 15.1. The molecule has 10 heteroatoms. The smallest absolute Gasteiger partial charge is 0.247 e. The van der Waals surface area contributed by atoms with Crippen LogP contribution < -0.4 is 10.2 Å². The molecule has 7 nitrogen and oxygen atoms in total. The number of nitrogens with zero attached hydrogens (tertiary/aromatic N) is 2. The number of hydrogen-bond acceptors (Lipinski definition) is 5. The number of halogens is 1. The first-order valence-electron chi connectivity index (χ1n) is 10.1. The van der Waals surface area contributed by atoms with Gasteiger partial charge in [-0.25, -0.2) is 12.8 Å². The third kappa shape index (κ3) is 4.97. The summed E-state index contributed by atoms with van der Waals surface area (Å²) in [4.78, 5) is 28.9. The maximum Gasteiger partial charge on any atom is 0.247 e. The van der Waals surface area contributed by atoms with Gasteiger partial charge in [-0.2, -0.15) is 4.31 Å². The summed E-state index contributed by atoms with van der Waals surface area (Å²) < 4.78 is 39.3. The van der Waals surface area contributed by atoms with E-state index in [0.717, 1.165) is 9.20 Å². The van der Waals surface area contributed by atoms with Crippen molar-refractivity contribution in [1.29, 1.82) is 0 Å². The minimum Gasteiger partial charge on any atom is -0.350 e. The van der Waals surface area contributed by atoms with Crippen molar-refractivity contribution in [2.45, 2.75) is 30.8 Å². The molecule has 1 N–H and O–H groups in total. The zero-order chi connectivity index (χ0) is 23.5. The highest BCUT2D eigenvalue weighted by Crippen LogP contribution is 2.32. The Bertz CT molecular complexity index is 1110. The first-order valence-corrected chi connectivity index (χ1v) is 12.9. The predicted octanol–water partition coefficient (Wildman–Crippen LogP) is 2.62. The molecule has 2 aromatic rings. The average molecular weight is 480 g/mol. The normalized spacial score (nSPS) is 19.8. The van der Waals surface area contributed by atoms with Crippen molar-refractivity contribution in [3.63, 3.8) is 0 Å². The van der Waals surface area contributed by atoms with Crippen LogP contribution in [0.5, 0.6) is 0 Å². The zero-order valence-corrected chi connectivity index (χ0v) is 19.8. The van der Waals surface area contributed by atoms with E-state index >= 15 is 0 Å². The number of nitrogens with one attached hydrogen (secondary N) is 1. The fourth-order valence-electron chi connectivity index (χ4n) is 3.67. The first kappa shape index (κ1) is 24.2. The number of rotatable bonds is 7. The van der Waals surface area contributed by atoms with Crippen molar-refractivity contribution in [1.82, 2.24) is 9.62 Å². The van der Waals surface area contributed by atoms with Crippen LogP contribution in [0.25, 0.3) is 0 Å². The summed E-state index contributed by atoms with van der Waals surface area (Å²) in [6.07, 6.45) is 1.90. The second kappa shape index (κ2) is 9.60. The molecule has 0 aromatic heterocycles. The van der Waals surface area contributed by atoms with Gasteiger partial charge in [0.2, 0.25) is 21.8 Å². The molecule has 0 radical (unpaired) electrons. The molecule has 1 heterocycles. The summed E-state index contributed by atoms with van der Waals surface area (Å²) in [5.74, 6) is -1.54. The van der Waals surface area contributed by atoms with Crippen molar-refractivity contribution in [3.05, 3.63) is 59.9 Å². The second-order valence-corrected chi connectivity index (χ2v) is 10.8. The van der Waals surface area contributed by atoms with Gasteiger partial charge in [-0.3, -0.25) is 14.5 Å². The van der Waals surface area contributed by atoms with E-state index in [4.69, 9.17) is 0 Å². The summed E-state index contributed by atoms with van der Waals surface area (Å²) in [7, 11) is -3.69. The van der Waals surface area contributed by atoms with Crippen molar-refractivity contribution in [2.24, 2.45) is 0 Å². The number of anilines is 1. The molecule has 32 heavy (non-hydrogen) atoms. The van der Waals surface area contributed by atoms with Crippen LogP contribution in [-0.4, -0.2) is 55.2 Å². The van der Waals surface area contributed by atoms with Crippen molar-refractivity contribution in [2.75, 3.05) is 30.0 Å². The molecule has 0 saturated carbocycles. The van der Waals surface area contributed by atoms with Gasteiger partial charge in [0.05, 0.1) is 12.3 Å². The Labute approximate surface area is 192 Å². The van der Waals surface area contributed by atoms with Gasteiger partial charge in [0.1, 0.15) is 11.4 Å². The standard InChI is InChI=1S/C22H26FN3O4S2/c1-4-32(29,30)25-14-20(27)26(18-6-5-7-19(12-18)31-3)22(2,15-25)21(28)24-13-16-8-10-17(23)11-9-16/h5-12H,4,13-15H2,1-3H3,(H,24,28)/t22-/m0/s1. The monoisotopic (exact) mass is 479 g/mol. The van der Waals surface area contributed by atoms with Gasteiger partial charge in [0.15, 0.2) is 0 Å². The number of carbonyl (C=O) groups excluding carboxylic acids is 2. The Kier molecular flexibility index (Phi) is 7.26. The van der Waals surface area contributed by atoms with E-state index < -0.39 is 27.4 Å². The molecule has 0 bridgehead atoms. The van der Waals surface area contributed by atoms with Crippen molar-refractivity contribution >= 4 is 39.3 Å². The minimum absolute atomic E-state index is 0.113. The summed E-state index contributed by atoms with van der Waals surface area (Å²) in [5, 5.41) is 2.79. The van der Waals surface area contributed by atoms with Gasteiger partial charge < -0.3 is 5.32 Å². The maximum absolute atomic E-state index is 13.4. The molecule has 2 amide bonds. The van der Waals surface area contributed by atoms with E-state index in [9.17, 15) is 22.4 Å². The number of amides is 2. The highest BCUT2D eigenvalue weighted by atomic mass is 32.2. The third-order valence-electron chi connectivity index (χ3n) is 5.46. The van der Waals surface area contributed by atoms with Gasteiger partial charge in [-0.05, 0) is 56.0 Å². The molecular weight excluding hydrogens is 453 g/mol. The van der Waals surface area contributed by atoms with Gasteiger partial charge >= 0.3 is 0 Å². The number of hydrogen-bond donors (Lipinski definition) is 1. The van der Waals surface area contributed by atoms with Gasteiger partial charge in [0, 0.05) is 23.7 Å². The van der Waals surface area contributed by atoms with E-state index in [1.165, 1.54) is 35.7 Å². The van der Waals surface area contributed by atoms with Crippen LogP contribution in [0.15, 0.2) is 53.4 Å². The Balaban J connectivity index is 1.97.